The number of rotatable bonds is 1. The third kappa shape index (κ3) is 2.38. The molecule has 1 saturated heterocycles. The van der Waals surface area contributed by atoms with Crippen LogP contribution in [0.2, 0.25) is 0 Å². The summed E-state index contributed by atoms with van der Waals surface area (Å²) in [4.78, 5) is 4.25. The molecular weight excluding hydrogens is 279 g/mol. The number of hydrogen-bond acceptors (Lipinski definition) is 3. The van der Waals surface area contributed by atoms with Crippen molar-refractivity contribution in [2.45, 2.75) is 6.04 Å². The summed E-state index contributed by atoms with van der Waals surface area (Å²) in [5.74, 6) is 0. The Kier molecular flexibility index (Phi) is 3.13. The van der Waals surface area contributed by atoms with E-state index in [1.807, 2.05) is 12.3 Å². The van der Waals surface area contributed by atoms with Gasteiger partial charge in [-0.2, -0.15) is 0 Å². The molecule has 0 amide bonds. The van der Waals surface area contributed by atoms with Crippen molar-refractivity contribution in [3.63, 3.8) is 0 Å². The average molecular weight is 290 g/mol. The summed E-state index contributed by atoms with van der Waals surface area (Å²) < 4.78 is 6.40. The van der Waals surface area contributed by atoms with Gasteiger partial charge >= 0.3 is 0 Å². The van der Waals surface area contributed by atoms with Gasteiger partial charge in [-0.15, -0.1) is 0 Å². The van der Waals surface area contributed by atoms with Gasteiger partial charge in [-0.05, 0) is 34.2 Å². The molecular formula is C9H11IN2O. The Hall–Kier alpha value is -0.200. The van der Waals surface area contributed by atoms with Crippen LogP contribution in [-0.2, 0) is 4.74 Å². The molecule has 0 spiro atoms. The van der Waals surface area contributed by atoms with Crippen LogP contribution in [0, 0.1) is 3.70 Å². The van der Waals surface area contributed by atoms with Crippen LogP contribution >= 0.6 is 22.6 Å². The first-order chi connectivity index (χ1) is 6.36. The highest BCUT2D eigenvalue weighted by Crippen LogP contribution is 2.15. The van der Waals surface area contributed by atoms with Crippen LogP contribution in [0.25, 0.3) is 0 Å². The quantitative estimate of drug-likeness (QED) is 0.626. The average Bonchev–Trinajstić information content (AvgIpc) is 2.20. The molecule has 0 radical (unpaired) electrons. The zero-order chi connectivity index (χ0) is 9.10. The van der Waals surface area contributed by atoms with Gasteiger partial charge in [-0.25, -0.2) is 4.98 Å². The van der Waals surface area contributed by atoms with Gasteiger partial charge in [0.25, 0.3) is 0 Å². The topological polar surface area (TPSA) is 34.1 Å². The summed E-state index contributed by atoms with van der Waals surface area (Å²) >= 11 is 2.20. The molecule has 3 nitrogen and oxygen atoms in total. The largest absolute Gasteiger partial charge is 0.378 e. The van der Waals surface area contributed by atoms with Crippen LogP contribution in [0.15, 0.2) is 18.3 Å². The lowest BCUT2D eigenvalue weighted by atomic mass is 10.1. The Morgan fingerprint density at radius 2 is 2.46 bits per heavy atom. The number of nitrogens with one attached hydrogen (secondary N) is 1. The maximum Gasteiger partial charge on any atom is 0.101 e. The molecule has 13 heavy (non-hydrogen) atoms. The number of halogens is 1. The first-order valence-corrected chi connectivity index (χ1v) is 5.37. The second-order valence-corrected chi connectivity index (χ2v) is 4.10. The fraction of sp³-hybridized carbons (Fsp3) is 0.444. The lowest BCUT2D eigenvalue weighted by Crippen LogP contribution is -2.34. The van der Waals surface area contributed by atoms with Crippen molar-refractivity contribution in [1.82, 2.24) is 10.3 Å². The van der Waals surface area contributed by atoms with Crippen molar-refractivity contribution in [2.24, 2.45) is 0 Å². The number of aromatic nitrogens is 1. The van der Waals surface area contributed by atoms with Crippen molar-refractivity contribution >= 4 is 22.6 Å². The molecule has 2 rings (SSSR count). The van der Waals surface area contributed by atoms with Gasteiger partial charge < -0.3 is 10.1 Å². The van der Waals surface area contributed by atoms with E-state index in [0.717, 1.165) is 23.5 Å². The highest BCUT2D eigenvalue weighted by molar-refractivity contribution is 14.1. The van der Waals surface area contributed by atoms with E-state index in [-0.39, 0.29) is 0 Å². The molecule has 1 atom stereocenters. The summed E-state index contributed by atoms with van der Waals surface area (Å²) in [6.07, 6.45) is 1.91. The van der Waals surface area contributed by atoms with Crippen LogP contribution in [0.1, 0.15) is 11.6 Å². The molecule has 4 heteroatoms. The van der Waals surface area contributed by atoms with Crippen molar-refractivity contribution < 1.29 is 4.74 Å². The number of nitrogens with zero attached hydrogens (tertiary/aromatic N) is 1. The zero-order valence-corrected chi connectivity index (χ0v) is 9.32. The SMILES string of the molecule is Ic1ccc([C@H]2COCCN2)cn1. The van der Waals surface area contributed by atoms with Gasteiger partial charge in [0, 0.05) is 12.7 Å². The molecule has 0 aromatic carbocycles. The van der Waals surface area contributed by atoms with Gasteiger partial charge in [-0.1, -0.05) is 6.07 Å². The lowest BCUT2D eigenvalue weighted by Gasteiger charge is -2.23. The molecule has 70 valence electrons. The van der Waals surface area contributed by atoms with E-state index < -0.39 is 0 Å². The summed E-state index contributed by atoms with van der Waals surface area (Å²) in [5.41, 5.74) is 1.21. The zero-order valence-electron chi connectivity index (χ0n) is 7.16. The van der Waals surface area contributed by atoms with E-state index >= 15 is 0 Å². The molecule has 0 saturated carbocycles. The summed E-state index contributed by atoms with van der Waals surface area (Å²) in [7, 11) is 0. The molecule has 1 aliphatic heterocycles. The minimum Gasteiger partial charge on any atom is -0.378 e. The van der Waals surface area contributed by atoms with Gasteiger partial charge in [0.1, 0.15) is 3.70 Å². The minimum absolute atomic E-state index is 0.318. The monoisotopic (exact) mass is 290 g/mol. The van der Waals surface area contributed by atoms with E-state index in [4.69, 9.17) is 4.74 Å². The molecule has 1 fully saturated rings. The lowest BCUT2D eigenvalue weighted by molar-refractivity contribution is 0.0768. The maximum atomic E-state index is 5.37. The van der Waals surface area contributed by atoms with Gasteiger partial charge in [0.05, 0.1) is 19.3 Å². The molecule has 0 aliphatic carbocycles. The van der Waals surface area contributed by atoms with Crippen LogP contribution in [0.3, 0.4) is 0 Å². The fourth-order valence-electron chi connectivity index (χ4n) is 1.37. The number of hydrogen-bond donors (Lipinski definition) is 1. The van der Waals surface area contributed by atoms with Gasteiger partial charge in [0.2, 0.25) is 0 Å². The van der Waals surface area contributed by atoms with Gasteiger partial charge in [-0.3, -0.25) is 0 Å². The highest BCUT2D eigenvalue weighted by Gasteiger charge is 2.14. The normalized spacial score (nSPS) is 23.0. The van der Waals surface area contributed by atoms with Crippen LogP contribution in [0.5, 0.6) is 0 Å². The molecule has 0 unspecified atom stereocenters. The molecule has 1 aromatic rings. The fourth-order valence-corrected chi connectivity index (χ4v) is 1.69. The third-order valence-corrected chi connectivity index (χ3v) is 2.71. The van der Waals surface area contributed by atoms with Crippen molar-refractivity contribution in [1.29, 1.82) is 0 Å². The first kappa shape index (κ1) is 9.36. The predicted molar refractivity (Wildman–Crippen MR) is 58.5 cm³/mol. The summed E-state index contributed by atoms with van der Waals surface area (Å²) in [6.45, 7) is 2.49. The molecule has 1 aliphatic rings. The molecule has 0 bridgehead atoms. The van der Waals surface area contributed by atoms with E-state index in [2.05, 4.69) is 39.0 Å². The second kappa shape index (κ2) is 4.34. The number of ether oxygens (including phenoxy) is 1. The molecule has 1 aromatic heterocycles. The standard InChI is InChI=1S/C9H11IN2O/c10-9-2-1-7(5-12-9)8-6-13-4-3-11-8/h1-2,5,8,11H,3-4,6H2/t8-/m1/s1. The van der Waals surface area contributed by atoms with Crippen molar-refractivity contribution in [3.8, 4) is 0 Å². The third-order valence-electron chi connectivity index (χ3n) is 2.07. The van der Waals surface area contributed by atoms with Crippen molar-refractivity contribution in [3.05, 3.63) is 27.6 Å². The Bertz CT molecular complexity index is 269. The number of morpholine rings is 1. The number of pyridine rings is 1. The van der Waals surface area contributed by atoms with Crippen LogP contribution < -0.4 is 5.32 Å². The van der Waals surface area contributed by atoms with Crippen molar-refractivity contribution in [2.75, 3.05) is 19.8 Å². The minimum atomic E-state index is 0.318. The van der Waals surface area contributed by atoms with Crippen LogP contribution in [0.4, 0.5) is 0 Å². The predicted octanol–water partition coefficient (Wildman–Crippen LogP) is 1.35. The van der Waals surface area contributed by atoms with E-state index in [9.17, 15) is 0 Å². The summed E-state index contributed by atoms with van der Waals surface area (Å²) in [6, 6.07) is 4.44. The molecule has 1 N–H and O–H groups in total. The van der Waals surface area contributed by atoms with Gasteiger partial charge in [0.15, 0.2) is 0 Å². The van der Waals surface area contributed by atoms with Crippen LogP contribution in [-0.4, -0.2) is 24.7 Å². The van der Waals surface area contributed by atoms with E-state index in [0.29, 0.717) is 6.04 Å². The van der Waals surface area contributed by atoms with E-state index in [1.54, 1.807) is 0 Å². The first-order valence-electron chi connectivity index (χ1n) is 4.29. The Labute approximate surface area is 91.0 Å². The highest BCUT2D eigenvalue weighted by atomic mass is 127. The van der Waals surface area contributed by atoms with E-state index in [1.165, 1.54) is 5.56 Å². The Morgan fingerprint density at radius 3 is 3.08 bits per heavy atom. The Morgan fingerprint density at radius 1 is 1.54 bits per heavy atom. The summed E-state index contributed by atoms with van der Waals surface area (Å²) in [5, 5.41) is 3.39. The molecule has 2 heterocycles. The Balaban J connectivity index is 2.10. The maximum absolute atomic E-state index is 5.37. The second-order valence-electron chi connectivity index (χ2n) is 3.00. The smallest absolute Gasteiger partial charge is 0.101 e.